The summed E-state index contributed by atoms with van der Waals surface area (Å²) in [6.07, 6.45) is 4.42. The van der Waals surface area contributed by atoms with Gasteiger partial charge in [0.15, 0.2) is 0 Å². The van der Waals surface area contributed by atoms with Crippen molar-refractivity contribution in [3.63, 3.8) is 0 Å². The summed E-state index contributed by atoms with van der Waals surface area (Å²) in [5.74, 6) is 1.50. The molecule has 1 saturated carbocycles. The van der Waals surface area contributed by atoms with Crippen LogP contribution in [0.15, 0.2) is 0 Å². The van der Waals surface area contributed by atoms with Gasteiger partial charge in [-0.25, -0.2) is 0 Å². The normalized spacial score (nSPS) is 24.2. The Bertz CT molecular complexity index is 143. The molecule has 0 bridgehead atoms. The van der Waals surface area contributed by atoms with Crippen molar-refractivity contribution in [1.82, 2.24) is 0 Å². The first-order valence-electron chi connectivity index (χ1n) is 5.67. The number of rotatable bonds is 2. The van der Waals surface area contributed by atoms with Gasteiger partial charge in [0, 0.05) is 0 Å². The largest absolute Gasteiger partial charge is 0.393 e. The molecule has 1 heteroatoms. The van der Waals surface area contributed by atoms with Crippen LogP contribution in [0.2, 0.25) is 0 Å². The van der Waals surface area contributed by atoms with Gasteiger partial charge in [-0.1, -0.05) is 27.7 Å². The molecular weight excluding hydrogens is 160 g/mol. The minimum absolute atomic E-state index is 0.0226. The van der Waals surface area contributed by atoms with Gasteiger partial charge in [0.1, 0.15) is 0 Å². The highest BCUT2D eigenvalue weighted by molar-refractivity contribution is 4.90. The predicted octanol–water partition coefficient (Wildman–Crippen LogP) is 3.22. The molecule has 1 aliphatic carbocycles. The molecule has 0 spiro atoms. The molecule has 13 heavy (non-hydrogen) atoms. The van der Waals surface area contributed by atoms with E-state index in [1.54, 1.807) is 0 Å². The van der Waals surface area contributed by atoms with Crippen molar-refractivity contribution >= 4 is 0 Å². The SMILES string of the molecule is CC(C)C1(C(C)C)CCC(O)CC1. The second-order valence-electron chi connectivity index (χ2n) is 5.27. The minimum Gasteiger partial charge on any atom is -0.393 e. The third-order valence-electron chi connectivity index (χ3n) is 4.19. The predicted molar refractivity (Wildman–Crippen MR) is 56.6 cm³/mol. The lowest BCUT2D eigenvalue weighted by Gasteiger charge is -2.45. The second-order valence-corrected chi connectivity index (χ2v) is 5.27. The van der Waals surface area contributed by atoms with Crippen LogP contribution in [0.25, 0.3) is 0 Å². The van der Waals surface area contributed by atoms with E-state index in [1.165, 1.54) is 12.8 Å². The Morgan fingerprint density at radius 2 is 1.38 bits per heavy atom. The average molecular weight is 184 g/mol. The lowest BCUT2D eigenvalue weighted by molar-refractivity contribution is 0.00213. The van der Waals surface area contributed by atoms with Crippen LogP contribution in [0, 0.1) is 17.3 Å². The third kappa shape index (κ3) is 2.07. The zero-order chi connectivity index (χ0) is 10.1. The van der Waals surface area contributed by atoms with E-state index in [0.29, 0.717) is 5.41 Å². The summed E-state index contributed by atoms with van der Waals surface area (Å²) < 4.78 is 0. The van der Waals surface area contributed by atoms with Gasteiger partial charge in [-0.05, 0) is 42.9 Å². The molecule has 0 aliphatic heterocycles. The van der Waals surface area contributed by atoms with Gasteiger partial charge in [-0.15, -0.1) is 0 Å². The first-order chi connectivity index (χ1) is 5.99. The van der Waals surface area contributed by atoms with Crippen LogP contribution >= 0.6 is 0 Å². The smallest absolute Gasteiger partial charge is 0.0540 e. The molecule has 0 unspecified atom stereocenters. The molecule has 1 aliphatic rings. The molecule has 1 N–H and O–H groups in total. The van der Waals surface area contributed by atoms with E-state index in [1.807, 2.05) is 0 Å². The van der Waals surface area contributed by atoms with Crippen molar-refractivity contribution in [1.29, 1.82) is 0 Å². The van der Waals surface area contributed by atoms with Crippen molar-refractivity contribution in [3.05, 3.63) is 0 Å². The zero-order valence-electron chi connectivity index (χ0n) is 9.51. The van der Waals surface area contributed by atoms with E-state index in [9.17, 15) is 5.11 Å². The van der Waals surface area contributed by atoms with Gasteiger partial charge in [0.2, 0.25) is 0 Å². The maximum Gasteiger partial charge on any atom is 0.0540 e. The fourth-order valence-corrected chi connectivity index (χ4v) is 2.96. The second kappa shape index (κ2) is 4.00. The summed E-state index contributed by atoms with van der Waals surface area (Å²) in [7, 11) is 0. The Labute approximate surface area is 82.5 Å². The monoisotopic (exact) mass is 184 g/mol. The molecule has 1 rings (SSSR count). The van der Waals surface area contributed by atoms with Crippen LogP contribution in [0.4, 0.5) is 0 Å². The van der Waals surface area contributed by atoms with Gasteiger partial charge in [-0.2, -0.15) is 0 Å². The molecule has 0 amide bonds. The van der Waals surface area contributed by atoms with Crippen LogP contribution in [0.5, 0.6) is 0 Å². The molecule has 0 radical (unpaired) electrons. The molecule has 0 heterocycles. The fraction of sp³-hybridized carbons (Fsp3) is 1.00. The lowest BCUT2D eigenvalue weighted by Crippen LogP contribution is -2.38. The van der Waals surface area contributed by atoms with Crippen molar-refractivity contribution in [2.75, 3.05) is 0 Å². The van der Waals surface area contributed by atoms with Crippen molar-refractivity contribution in [2.45, 2.75) is 59.5 Å². The van der Waals surface area contributed by atoms with E-state index in [-0.39, 0.29) is 6.10 Å². The molecule has 0 atom stereocenters. The minimum atomic E-state index is -0.0226. The number of hydrogen-bond acceptors (Lipinski definition) is 1. The van der Waals surface area contributed by atoms with E-state index in [2.05, 4.69) is 27.7 Å². The number of hydrogen-bond donors (Lipinski definition) is 1. The van der Waals surface area contributed by atoms with E-state index in [0.717, 1.165) is 24.7 Å². The lowest BCUT2D eigenvalue weighted by atomic mass is 9.60. The van der Waals surface area contributed by atoms with Crippen LogP contribution < -0.4 is 0 Å². The van der Waals surface area contributed by atoms with E-state index in [4.69, 9.17) is 0 Å². The highest BCUT2D eigenvalue weighted by Crippen LogP contribution is 2.47. The van der Waals surface area contributed by atoms with Gasteiger partial charge >= 0.3 is 0 Å². The molecule has 78 valence electrons. The first-order valence-corrected chi connectivity index (χ1v) is 5.67. The third-order valence-corrected chi connectivity index (χ3v) is 4.19. The molecule has 0 saturated heterocycles. The molecule has 0 aromatic heterocycles. The molecular formula is C12H24O. The highest BCUT2D eigenvalue weighted by atomic mass is 16.3. The number of aliphatic hydroxyl groups excluding tert-OH is 1. The van der Waals surface area contributed by atoms with Crippen LogP contribution in [-0.2, 0) is 0 Å². The van der Waals surface area contributed by atoms with Crippen LogP contribution in [-0.4, -0.2) is 11.2 Å². The summed E-state index contributed by atoms with van der Waals surface area (Å²) >= 11 is 0. The van der Waals surface area contributed by atoms with Gasteiger partial charge in [-0.3, -0.25) is 0 Å². The quantitative estimate of drug-likeness (QED) is 0.698. The summed E-state index contributed by atoms with van der Waals surface area (Å²) in [4.78, 5) is 0. The van der Waals surface area contributed by atoms with Crippen molar-refractivity contribution < 1.29 is 5.11 Å². The summed E-state index contributed by atoms with van der Waals surface area (Å²) in [6, 6.07) is 0. The van der Waals surface area contributed by atoms with Gasteiger partial charge < -0.3 is 5.11 Å². The topological polar surface area (TPSA) is 20.2 Å². The van der Waals surface area contributed by atoms with Crippen molar-refractivity contribution in [2.24, 2.45) is 17.3 Å². The molecule has 1 fully saturated rings. The van der Waals surface area contributed by atoms with Crippen LogP contribution in [0.1, 0.15) is 53.4 Å². The summed E-state index contributed by atoms with van der Waals surface area (Å²) in [5, 5.41) is 9.50. The maximum atomic E-state index is 9.50. The Balaban J connectivity index is 2.69. The zero-order valence-corrected chi connectivity index (χ0v) is 9.51. The molecule has 1 nitrogen and oxygen atoms in total. The van der Waals surface area contributed by atoms with Crippen molar-refractivity contribution in [3.8, 4) is 0 Å². The summed E-state index contributed by atoms with van der Waals surface area (Å²) in [5.41, 5.74) is 0.499. The average Bonchev–Trinajstić information content (AvgIpc) is 2.04. The fourth-order valence-electron chi connectivity index (χ4n) is 2.96. The van der Waals surface area contributed by atoms with E-state index < -0.39 is 0 Å². The maximum absolute atomic E-state index is 9.50. The Morgan fingerprint density at radius 1 is 1.00 bits per heavy atom. The Morgan fingerprint density at radius 3 is 1.69 bits per heavy atom. The first kappa shape index (κ1) is 11.0. The standard InChI is InChI=1S/C12H24O/c1-9(2)12(10(3)4)7-5-11(13)6-8-12/h9-11,13H,5-8H2,1-4H3. The Kier molecular flexibility index (Phi) is 3.39. The van der Waals surface area contributed by atoms with E-state index >= 15 is 0 Å². The summed E-state index contributed by atoms with van der Waals surface area (Å²) in [6.45, 7) is 9.32. The van der Waals surface area contributed by atoms with Gasteiger partial charge in [0.25, 0.3) is 0 Å². The highest BCUT2D eigenvalue weighted by Gasteiger charge is 2.39. The Hall–Kier alpha value is -0.0400. The number of aliphatic hydroxyl groups is 1. The molecule has 0 aromatic rings. The van der Waals surface area contributed by atoms with Crippen LogP contribution in [0.3, 0.4) is 0 Å². The molecule has 0 aromatic carbocycles. The van der Waals surface area contributed by atoms with Gasteiger partial charge in [0.05, 0.1) is 6.10 Å².